The number of nitrogens with two attached hydrogens (primary N) is 1. The molecule has 1 unspecified atom stereocenters. The first-order valence-electron chi connectivity index (χ1n) is 8.47. The Morgan fingerprint density at radius 2 is 1.92 bits per heavy atom. The van der Waals surface area contributed by atoms with Gasteiger partial charge in [-0.15, -0.1) is 12.4 Å². The van der Waals surface area contributed by atoms with E-state index in [9.17, 15) is 9.90 Å². The number of ether oxygens (including phenoxy) is 2. The van der Waals surface area contributed by atoms with E-state index in [0.29, 0.717) is 32.6 Å². The lowest BCUT2D eigenvalue weighted by Gasteiger charge is -2.34. The van der Waals surface area contributed by atoms with Crippen molar-refractivity contribution in [3.63, 3.8) is 0 Å². The van der Waals surface area contributed by atoms with Crippen LogP contribution in [-0.2, 0) is 9.53 Å². The van der Waals surface area contributed by atoms with Crippen LogP contribution in [0, 0.1) is 5.41 Å². The number of aliphatic hydroxyl groups excluding tert-OH is 1. The molecule has 1 aromatic rings. The Balaban J connectivity index is 0.00000312. The number of hydrogen-bond acceptors (Lipinski definition) is 5. The van der Waals surface area contributed by atoms with Gasteiger partial charge in [0.05, 0.1) is 17.6 Å². The zero-order valence-electron chi connectivity index (χ0n) is 14.9. The van der Waals surface area contributed by atoms with E-state index < -0.39 is 11.5 Å². The van der Waals surface area contributed by atoms with E-state index in [4.69, 9.17) is 15.2 Å². The molecule has 25 heavy (non-hydrogen) atoms. The average molecular weight is 373 g/mol. The van der Waals surface area contributed by atoms with Crippen LogP contribution in [0.25, 0.3) is 0 Å². The summed E-state index contributed by atoms with van der Waals surface area (Å²) in [6.45, 7) is 5.46. The molecule has 0 bridgehead atoms. The predicted octanol–water partition coefficient (Wildman–Crippen LogP) is 1.80. The van der Waals surface area contributed by atoms with Crippen molar-refractivity contribution >= 4 is 18.3 Å². The number of benzene rings is 1. The van der Waals surface area contributed by atoms with Gasteiger partial charge in [0.15, 0.2) is 0 Å². The molecule has 1 heterocycles. The van der Waals surface area contributed by atoms with Crippen LogP contribution >= 0.6 is 12.4 Å². The third-order valence-corrected chi connectivity index (χ3v) is 4.41. The first-order chi connectivity index (χ1) is 11.5. The molecule has 1 amide bonds. The highest BCUT2D eigenvalue weighted by atomic mass is 35.5. The number of nitrogens with one attached hydrogen (secondary N) is 1. The second-order valence-corrected chi connectivity index (χ2v) is 6.56. The molecule has 0 radical (unpaired) electrons. The zero-order chi connectivity index (χ0) is 17.6. The lowest BCUT2D eigenvalue weighted by molar-refractivity contribution is -0.136. The quantitative estimate of drug-likeness (QED) is 0.678. The summed E-state index contributed by atoms with van der Waals surface area (Å²) in [6, 6.07) is 7.25. The maximum Gasteiger partial charge on any atom is 0.227 e. The van der Waals surface area contributed by atoms with Crippen molar-refractivity contribution in [2.45, 2.75) is 38.9 Å². The van der Waals surface area contributed by atoms with Crippen LogP contribution in [-0.4, -0.2) is 43.4 Å². The third-order valence-electron chi connectivity index (χ3n) is 4.41. The van der Waals surface area contributed by atoms with Gasteiger partial charge in [0.2, 0.25) is 5.91 Å². The molecule has 142 valence electrons. The van der Waals surface area contributed by atoms with Gasteiger partial charge in [-0.1, -0.05) is 12.1 Å². The number of carbonyl (C=O) groups is 1. The normalized spacial score (nSPS) is 17.5. The van der Waals surface area contributed by atoms with Crippen molar-refractivity contribution in [3.8, 4) is 5.75 Å². The molecule has 1 aliphatic rings. The van der Waals surface area contributed by atoms with Gasteiger partial charge in [0.1, 0.15) is 5.75 Å². The van der Waals surface area contributed by atoms with E-state index in [-0.39, 0.29) is 31.0 Å². The summed E-state index contributed by atoms with van der Waals surface area (Å²) in [5, 5.41) is 13.1. The summed E-state index contributed by atoms with van der Waals surface area (Å²) in [4.78, 5) is 12.5. The van der Waals surface area contributed by atoms with Crippen molar-refractivity contribution in [2.75, 3.05) is 26.3 Å². The summed E-state index contributed by atoms with van der Waals surface area (Å²) in [5.74, 6) is 0.654. The molecule has 1 atom stereocenters. The molecule has 0 aliphatic carbocycles. The van der Waals surface area contributed by atoms with Crippen LogP contribution < -0.4 is 15.8 Å². The van der Waals surface area contributed by atoms with Crippen LogP contribution in [0.1, 0.15) is 38.4 Å². The summed E-state index contributed by atoms with van der Waals surface area (Å²) in [6.07, 6.45) is 0.572. The van der Waals surface area contributed by atoms with Crippen molar-refractivity contribution in [1.29, 1.82) is 0 Å². The Bertz CT molecular complexity index is 530. The van der Waals surface area contributed by atoms with Crippen molar-refractivity contribution in [3.05, 3.63) is 29.8 Å². The van der Waals surface area contributed by atoms with Crippen LogP contribution in [0.4, 0.5) is 0 Å². The first kappa shape index (κ1) is 21.7. The van der Waals surface area contributed by atoms with Gasteiger partial charge in [0, 0.05) is 26.3 Å². The number of aliphatic hydroxyl groups is 1. The topological polar surface area (TPSA) is 93.8 Å². The minimum absolute atomic E-state index is 0. The molecule has 0 spiro atoms. The Kier molecular flexibility index (Phi) is 8.65. The maximum absolute atomic E-state index is 12.5. The van der Waals surface area contributed by atoms with Crippen LogP contribution in [0.2, 0.25) is 0 Å². The highest BCUT2D eigenvalue weighted by Crippen LogP contribution is 2.29. The SMILES string of the molecule is CC(C)Oc1ccc(C(O)CNC(=O)C2(CN)CCOCC2)cc1.Cl. The molecule has 4 N–H and O–H groups in total. The van der Waals surface area contributed by atoms with E-state index in [0.717, 1.165) is 11.3 Å². The molecular weight excluding hydrogens is 344 g/mol. The molecule has 0 saturated carbocycles. The lowest BCUT2D eigenvalue weighted by Crippen LogP contribution is -2.49. The Labute approximate surface area is 155 Å². The highest BCUT2D eigenvalue weighted by Gasteiger charge is 2.38. The van der Waals surface area contributed by atoms with Gasteiger partial charge in [-0.05, 0) is 44.4 Å². The van der Waals surface area contributed by atoms with E-state index in [1.54, 1.807) is 0 Å². The van der Waals surface area contributed by atoms with Crippen molar-refractivity contribution < 1.29 is 19.4 Å². The second kappa shape index (κ2) is 9.97. The standard InChI is InChI=1S/C18H28N2O4.ClH/c1-13(2)24-15-5-3-14(4-6-15)16(21)11-20-17(22)18(12-19)7-9-23-10-8-18;/h3-6,13,16,21H,7-12,19H2,1-2H3,(H,20,22);1H. The number of carbonyl (C=O) groups excluding carboxylic acids is 1. The van der Waals surface area contributed by atoms with E-state index in [1.165, 1.54) is 0 Å². The highest BCUT2D eigenvalue weighted by molar-refractivity contribution is 5.85. The average Bonchev–Trinajstić information content (AvgIpc) is 2.60. The minimum atomic E-state index is -0.767. The smallest absolute Gasteiger partial charge is 0.227 e. The fraction of sp³-hybridized carbons (Fsp3) is 0.611. The molecule has 7 heteroatoms. The van der Waals surface area contributed by atoms with Gasteiger partial charge in [-0.2, -0.15) is 0 Å². The Hall–Kier alpha value is -1.34. The van der Waals surface area contributed by atoms with Gasteiger partial charge < -0.3 is 25.6 Å². The van der Waals surface area contributed by atoms with Gasteiger partial charge in [-0.3, -0.25) is 4.79 Å². The predicted molar refractivity (Wildman–Crippen MR) is 99.0 cm³/mol. The fourth-order valence-electron chi connectivity index (χ4n) is 2.82. The van der Waals surface area contributed by atoms with E-state index >= 15 is 0 Å². The first-order valence-corrected chi connectivity index (χ1v) is 8.47. The minimum Gasteiger partial charge on any atom is -0.491 e. The molecule has 1 aromatic carbocycles. The Morgan fingerprint density at radius 3 is 2.44 bits per heavy atom. The van der Waals surface area contributed by atoms with E-state index in [2.05, 4.69) is 5.32 Å². The molecule has 2 rings (SSSR count). The van der Waals surface area contributed by atoms with Gasteiger partial charge in [0.25, 0.3) is 0 Å². The van der Waals surface area contributed by atoms with Gasteiger partial charge in [-0.25, -0.2) is 0 Å². The Morgan fingerprint density at radius 1 is 1.32 bits per heavy atom. The number of halogens is 1. The fourth-order valence-corrected chi connectivity index (χ4v) is 2.82. The zero-order valence-corrected chi connectivity index (χ0v) is 15.7. The molecule has 1 aliphatic heterocycles. The molecular formula is C18H29ClN2O4. The number of hydrogen-bond donors (Lipinski definition) is 3. The van der Waals surface area contributed by atoms with Crippen LogP contribution in [0.15, 0.2) is 24.3 Å². The number of rotatable bonds is 7. The largest absolute Gasteiger partial charge is 0.491 e. The molecule has 6 nitrogen and oxygen atoms in total. The van der Waals surface area contributed by atoms with E-state index in [1.807, 2.05) is 38.1 Å². The molecule has 0 aromatic heterocycles. The summed E-state index contributed by atoms with van der Waals surface area (Å²) >= 11 is 0. The second-order valence-electron chi connectivity index (χ2n) is 6.56. The summed E-state index contributed by atoms with van der Waals surface area (Å²) in [5.41, 5.74) is 5.98. The lowest BCUT2D eigenvalue weighted by atomic mass is 9.79. The summed E-state index contributed by atoms with van der Waals surface area (Å²) < 4.78 is 10.9. The monoisotopic (exact) mass is 372 g/mol. The van der Waals surface area contributed by atoms with Crippen LogP contribution in [0.5, 0.6) is 5.75 Å². The van der Waals surface area contributed by atoms with Gasteiger partial charge >= 0.3 is 0 Å². The molecule has 1 fully saturated rings. The molecule has 1 saturated heterocycles. The summed E-state index contributed by atoms with van der Waals surface area (Å²) in [7, 11) is 0. The third kappa shape index (κ3) is 5.85. The van der Waals surface area contributed by atoms with Crippen LogP contribution in [0.3, 0.4) is 0 Å². The van der Waals surface area contributed by atoms with Crippen molar-refractivity contribution in [1.82, 2.24) is 5.32 Å². The van der Waals surface area contributed by atoms with Crippen molar-refractivity contribution in [2.24, 2.45) is 11.1 Å². The number of amides is 1. The maximum atomic E-state index is 12.5.